The summed E-state index contributed by atoms with van der Waals surface area (Å²) in [6, 6.07) is 5.18. The second kappa shape index (κ2) is 7.84. The molecule has 1 aromatic heterocycles. The molecule has 2 rings (SSSR count). The van der Waals surface area contributed by atoms with Crippen LogP contribution in [-0.2, 0) is 13.2 Å². The molecule has 1 heterocycles. The van der Waals surface area contributed by atoms with Crippen molar-refractivity contribution in [2.24, 2.45) is 0 Å². The molecule has 6 heteroatoms. The lowest BCUT2D eigenvalue weighted by Crippen LogP contribution is -2.13. The van der Waals surface area contributed by atoms with Crippen LogP contribution in [0.25, 0.3) is 0 Å². The highest BCUT2D eigenvalue weighted by atomic mass is 35.5. The van der Waals surface area contributed by atoms with Gasteiger partial charge in [-0.25, -0.2) is 4.98 Å². The number of nitrogens with zero attached hydrogens (tertiary/aromatic N) is 1. The summed E-state index contributed by atoms with van der Waals surface area (Å²) in [7, 11) is 0. The van der Waals surface area contributed by atoms with Crippen LogP contribution in [0.15, 0.2) is 23.6 Å². The lowest BCUT2D eigenvalue weighted by Gasteiger charge is -2.06. The number of thiazole rings is 1. The van der Waals surface area contributed by atoms with Gasteiger partial charge in [-0.3, -0.25) is 0 Å². The molecule has 0 radical (unpaired) electrons. The lowest BCUT2D eigenvalue weighted by atomic mass is 10.3. The molecule has 0 amide bonds. The summed E-state index contributed by atoms with van der Waals surface area (Å²) in [6.45, 7) is 4.36. The van der Waals surface area contributed by atoms with E-state index in [4.69, 9.17) is 27.9 Å². The van der Waals surface area contributed by atoms with Gasteiger partial charge in [-0.1, -0.05) is 30.1 Å². The Morgan fingerprint density at radius 1 is 1.35 bits per heavy atom. The molecule has 0 aliphatic heterocycles. The first-order valence-corrected chi connectivity index (χ1v) is 8.04. The summed E-state index contributed by atoms with van der Waals surface area (Å²) in [6.07, 6.45) is 1.12. The highest BCUT2D eigenvalue weighted by molar-refractivity contribution is 7.09. The van der Waals surface area contributed by atoms with Gasteiger partial charge in [-0.05, 0) is 31.2 Å². The molecule has 0 fully saturated rings. The van der Waals surface area contributed by atoms with Gasteiger partial charge in [0.15, 0.2) is 0 Å². The third-order valence-corrected chi connectivity index (χ3v) is 4.00. The van der Waals surface area contributed by atoms with E-state index in [-0.39, 0.29) is 0 Å². The van der Waals surface area contributed by atoms with Crippen LogP contribution in [0.3, 0.4) is 0 Å². The van der Waals surface area contributed by atoms with Gasteiger partial charge in [0.2, 0.25) is 0 Å². The fraction of sp³-hybridized carbons (Fsp3) is 0.357. The van der Waals surface area contributed by atoms with Gasteiger partial charge in [0.25, 0.3) is 0 Å². The summed E-state index contributed by atoms with van der Waals surface area (Å²) >= 11 is 13.5. The van der Waals surface area contributed by atoms with Crippen molar-refractivity contribution in [3.8, 4) is 5.75 Å². The van der Waals surface area contributed by atoms with E-state index in [1.165, 1.54) is 0 Å². The Morgan fingerprint density at radius 2 is 2.20 bits per heavy atom. The van der Waals surface area contributed by atoms with Crippen molar-refractivity contribution in [3.63, 3.8) is 0 Å². The maximum atomic E-state index is 6.05. The van der Waals surface area contributed by atoms with Crippen molar-refractivity contribution in [3.05, 3.63) is 44.3 Å². The predicted molar refractivity (Wildman–Crippen MR) is 84.9 cm³/mol. The van der Waals surface area contributed by atoms with E-state index in [9.17, 15) is 0 Å². The van der Waals surface area contributed by atoms with Crippen LogP contribution in [0, 0.1) is 0 Å². The topological polar surface area (TPSA) is 34.2 Å². The van der Waals surface area contributed by atoms with Crippen molar-refractivity contribution in [1.29, 1.82) is 0 Å². The Kier molecular flexibility index (Phi) is 6.10. The van der Waals surface area contributed by atoms with Crippen LogP contribution in [-0.4, -0.2) is 11.5 Å². The van der Waals surface area contributed by atoms with E-state index >= 15 is 0 Å². The summed E-state index contributed by atoms with van der Waals surface area (Å²) in [5.41, 5.74) is 0.911. The molecule has 3 nitrogen and oxygen atoms in total. The zero-order chi connectivity index (χ0) is 14.4. The largest absolute Gasteiger partial charge is 0.486 e. The third-order valence-electron chi connectivity index (χ3n) is 2.57. The van der Waals surface area contributed by atoms with E-state index < -0.39 is 0 Å². The van der Waals surface area contributed by atoms with E-state index in [0.717, 1.165) is 30.2 Å². The first kappa shape index (κ1) is 15.6. The van der Waals surface area contributed by atoms with E-state index in [1.807, 2.05) is 5.38 Å². The van der Waals surface area contributed by atoms with Gasteiger partial charge in [0, 0.05) is 16.9 Å². The first-order valence-electron chi connectivity index (χ1n) is 6.41. The smallest absolute Gasteiger partial charge is 0.138 e. The number of benzene rings is 1. The molecule has 1 aromatic carbocycles. The highest BCUT2D eigenvalue weighted by Crippen LogP contribution is 2.28. The van der Waals surface area contributed by atoms with E-state index in [0.29, 0.717) is 22.4 Å². The zero-order valence-corrected chi connectivity index (χ0v) is 13.5. The second-order valence-corrected chi connectivity index (χ2v) is 6.06. The summed E-state index contributed by atoms with van der Waals surface area (Å²) in [5, 5.41) is 7.51. The Balaban J connectivity index is 1.87. The van der Waals surface area contributed by atoms with Gasteiger partial charge < -0.3 is 10.1 Å². The van der Waals surface area contributed by atoms with Crippen LogP contribution in [0.1, 0.15) is 24.0 Å². The number of hydrogen-bond donors (Lipinski definition) is 1. The molecular formula is C14H16Cl2N2OS. The minimum atomic E-state index is 0.408. The second-order valence-electron chi connectivity index (χ2n) is 4.27. The molecule has 0 aliphatic carbocycles. The summed E-state index contributed by atoms with van der Waals surface area (Å²) in [4.78, 5) is 4.51. The Hall–Kier alpha value is -0.810. The average molecular weight is 331 g/mol. The third kappa shape index (κ3) is 4.63. The maximum absolute atomic E-state index is 6.05. The molecule has 0 saturated carbocycles. The summed E-state index contributed by atoms with van der Waals surface area (Å²) in [5.74, 6) is 0.620. The number of hydrogen-bond acceptors (Lipinski definition) is 4. The number of nitrogens with one attached hydrogen (secondary N) is 1. The summed E-state index contributed by atoms with van der Waals surface area (Å²) < 4.78 is 5.65. The van der Waals surface area contributed by atoms with Gasteiger partial charge in [-0.15, -0.1) is 11.3 Å². The van der Waals surface area contributed by atoms with Crippen molar-refractivity contribution in [2.75, 3.05) is 6.54 Å². The maximum Gasteiger partial charge on any atom is 0.138 e. The van der Waals surface area contributed by atoms with E-state index in [2.05, 4.69) is 17.2 Å². The van der Waals surface area contributed by atoms with Gasteiger partial charge in [0.05, 0.1) is 10.7 Å². The fourth-order valence-electron chi connectivity index (χ4n) is 1.61. The molecule has 1 N–H and O–H groups in total. The monoisotopic (exact) mass is 330 g/mol. The number of halogens is 2. The molecule has 0 bridgehead atoms. The number of rotatable bonds is 7. The quantitative estimate of drug-likeness (QED) is 0.757. The Bertz CT molecular complexity index is 560. The predicted octanol–water partition coefficient (Wildman–Crippen LogP) is 4.53. The minimum absolute atomic E-state index is 0.408. The van der Waals surface area contributed by atoms with Crippen LogP contribution in [0.2, 0.25) is 10.0 Å². The number of ether oxygens (including phenoxy) is 1. The van der Waals surface area contributed by atoms with Gasteiger partial charge >= 0.3 is 0 Å². The molecule has 0 spiro atoms. The van der Waals surface area contributed by atoms with Gasteiger partial charge in [0.1, 0.15) is 17.4 Å². The average Bonchev–Trinajstić information content (AvgIpc) is 2.86. The van der Waals surface area contributed by atoms with Crippen LogP contribution in [0.5, 0.6) is 5.75 Å². The molecule has 108 valence electrons. The molecule has 20 heavy (non-hydrogen) atoms. The van der Waals surface area contributed by atoms with Crippen molar-refractivity contribution >= 4 is 34.5 Å². The van der Waals surface area contributed by atoms with Crippen LogP contribution < -0.4 is 10.1 Å². The lowest BCUT2D eigenvalue weighted by molar-refractivity contribution is 0.302. The normalized spacial score (nSPS) is 10.8. The van der Waals surface area contributed by atoms with Crippen molar-refractivity contribution in [2.45, 2.75) is 26.5 Å². The van der Waals surface area contributed by atoms with Crippen molar-refractivity contribution < 1.29 is 4.74 Å². The van der Waals surface area contributed by atoms with Crippen molar-refractivity contribution in [1.82, 2.24) is 10.3 Å². The SMILES string of the molecule is CCCNCc1nc(COc2ccc(Cl)cc2Cl)cs1. The number of aromatic nitrogens is 1. The Labute approximate surface area is 132 Å². The first-order chi connectivity index (χ1) is 9.69. The molecular weight excluding hydrogens is 315 g/mol. The zero-order valence-electron chi connectivity index (χ0n) is 11.2. The van der Waals surface area contributed by atoms with Crippen LogP contribution >= 0.6 is 34.5 Å². The molecule has 0 atom stereocenters. The van der Waals surface area contributed by atoms with Gasteiger partial charge in [-0.2, -0.15) is 0 Å². The standard InChI is InChI=1S/C14H16Cl2N2OS/c1-2-5-17-7-14-18-11(9-20-14)8-19-13-4-3-10(15)6-12(13)16/h3-4,6,9,17H,2,5,7-8H2,1H3. The van der Waals surface area contributed by atoms with E-state index in [1.54, 1.807) is 29.5 Å². The fourth-order valence-corrected chi connectivity index (χ4v) is 2.82. The van der Waals surface area contributed by atoms with Crippen LogP contribution in [0.4, 0.5) is 0 Å². The Morgan fingerprint density at radius 3 is 2.95 bits per heavy atom. The molecule has 0 unspecified atom stereocenters. The highest BCUT2D eigenvalue weighted by Gasteiger charge is 2.05. The molecule has 0 saturated heterocycles. The molecule has 0 aliphatic rings. The minimum Gasteiger partial charge on any atom is -0.486 e. The molecule has 2 aromatic rings.